The molecular formula is C15H13NO2S2. The summed E-state index contributed by atoms with van der Waals surface area (Å²) in [6, 6.07) is 12.3. The van der Waals surface area contributed by atoms with Gasteiger partial charge < -0.3 is 0 Å². The van der Waals surface area contributed by atoms with Gasteiger partial charge in [0.2, 0.25) is 0 Å². The van der Waals surface area contributed by atoms with Gasteiger partial charge in [-0.05, 0) is 42.1 Å². The molecule has 0 atom stereocenters. The maximum absolute atomic E-state index is 12.7. The molecule has 3 aromatic rings. The third-order valence-electron chi connectivity index (χ3n) is 3.15. The summed E-state index contributed by atoms with van der Waals surface area (Å²) < 4.78 is 26.8. The predicted molar refractivity (Wildman–Crippen MR) is 81.5 cm³/mol. The predicted octanol–water partition coefficient (Wildman–Crippen LogP) is 3.76. The lowest BCUT2D eigenvalue weighted by molar-refractivity contribution is 0.588. The Labute approximate surface area is 122 Å². The van der Waals surface area contributed by atoms with Gasteiger partial charge in [0.25, 0.3) is 10.0 Å². The largest absolute Gasteiger partial charge is 0.268 e. The number of hydrogen-bond donors (Lipinski definition) is 0. The van der Waals surface area contributed by atoms with Crippen molar-refractivity contribution in [2.45, 2.75) is 11.8 Å². The third-order valence-corrected chi connectivity index (χ3v) is 5.52. The summed E-state index contributed by atoms with van der Waals surface area (Å²) in [7, 11) is -3.55. The zero-order valence-corrected chi connectivity index (χ0v) is 12.5. The van der Waals surface area contributed by atoms with Crippen LogP contribution in [0.2, 0.25) is 0 Å². The van der Waals surface area contributed by atoms with Gasteiger partial charge in [-0.3, -0.25) is 0 Å². The van der Waals surface area contributed by atoms with Crippen molar-refractivity contribution in [3.05, 3.63) is 65.0 Å². The first-order valence-corrected chi connectivity index (χ1v) is 8.50. The van der Waals surface area contributed by atoms with E-state index in [4.69, 9.17) is 0 Å². The van der Waals surface area contributed by atoms with Crippen molar-refractivity contribution in [1.82, 2.24) is 3.97 Å². The Hall–Kier alpha value is -1.85. The minimum Gasteiger partial charge on any atom is -0.241 e. The molecule has 0 saturated heterocycles. The number of aromatic nitrogens is 1. The Balaban J connectivity index is 2.22. The molecule has 3 nitrogen and oxygen atoms in total. The molecule has 0 amide bonds. The van der Waals surface area contributed by atoms with E-state index in [0.717, 1.165) is 16.8 Å². The minimum absolute atomic E-state index is 0.298. The van der Waals surface area contributed by atoms with Crippen LogP contribution in [0.5, 0.6) is 0 Å². The van der Waals surface area contributed by atoms with E-state index < -0.39 is 10.0 Å². The summed E-state index contributed by atoms with van der Waals surface area (Å²) >= 11 is 1.55. The van der Waals surface area contributed by atoms with Crippen LogP contribution in [0.4, 0.5) is 0 Å². The van der Waals surface area contributed by atoms with Crippen LogP contribution in [0, 0.1) is 6.92 Å². The van der Waals surface area contributed by atoms with Crippen LogP contribution in [0.1, 0.15) is 5.56 Å². The lowest BCUT2D eigenvalue weighted by Gasteiger charge is -2.10. The van der Waals surface area contributed by atoms with Crippen LogP contribution >= 0.6 is 11.3 Å². The smallest absolute Gasteiger partial charge is 0.241 e. The van der Waals surface area contributed by atoms with Crippen molar-refractivity contribution < 1.29 is 8.42 Å². The zero-order valence-electron chi connectivity index (χ0n) is 10.9. The summed E-state index contributed by atoms with van der Waals surface area (Å²) in [6.45, 7) is 1.92. The number of benzene rings is 1. The SMILES string of the molecule is Cc1ccn(S(=O)(=O)c2ccccc2)c1-c1ccsc1. The highest BCUT2D eigenvalue weighted by molar-refractivity contribution is 7.90. The lowest BCUT2D eigenvalue weighted by atomic mass is 10.2. The Kier molecular flexibility index (Phi) is 3.23. The molecule has 0 aliphatic carbocycles. The monoisotopic (exact) mass is 303 g/mol. The van der Waals surface area contributed by atoms with E-state index in [1.54, 1.807) is 47.9 Å². The van der Waals surface area contributed by atoms with Gasteiger partial charge in [0.1, 0.15) is 0 Å². The maximum Gasteiger partial charge on any atom is 0.268 e. The molecule has 3 rings (SSSR count). The average Bonchev–Trinajstić information content (AvgIpc) is 3.08. The van der Waals surface area contributed by atoms with E-state index >= 15 is 0 Å². The van der Waals surface area contributed by atoms with Crippen molar-refractivity contribution in [2.75, 3.05) is 0 Å². The topological polar surface area (TPSA) is 39.1 Å². The van der Waals surface area contributed by atoms with E-state index in [-0.39, 0.29) is 0 Å². The molecule has 0 fully saturated rings. The molecule has 0 N–H and O–H groups in total. The fourth-order valence-electron chi connectivity index (χ4n) is 2.17. The fraction of sp³-hybridized carbons (Fsp3) is 0.0667. The molecule has 0 aliphatic rings. The molecule has 0 unspecified atom stereocenters. The second kappa shape index (κ2) is 4.92. The van der Waals surface area contributed by atoms with Gasteiger partial charge in [0.05, 0.1) is 10.6 Å². The quantitative estimate of drug-likeness (QED) is 0.739. The first kappa shape index (κ1) is 13.1. The Morgan fingerprint density at radius 3 is 2.45 bits per heavy atom. The zero-order chi connectivity index (χ0) is 14.2. The molecule has 20 heavy (non-hydrogen) atoms. The van der Waals surface area contributed by atoms with Crippen LogP contribution < -0.4 is 0 Å². The summed E-state index contributed by atoms with van der Waals surface area (Å²) in [4.78, 5) is 0.298. The Bertz CT molecular complexity index is 816. The average molecular weight is 303 g/mol. The summed E-state index contributed by atoms with van der Waals surface area (Å²) in [5.74, 6) is 0. The molecule has 0 radical (unpaired) electrons. The Morgan fingerprint density at radius 2 is 1.80 bits per heavy atom. The second-order valence-electron chi connectivity index (χ2n) is 4.47. The number of rotatable bonds is 3. The van der Waals surface area contributed by atoms with Gasteiger partial charge in [-0.15, -0.1) is 0 Å². The molecule has 0 aliphatic heterocycles. The van der Waals surface area contributed by atoms with E-state index in [0.29, 0.717) is 4.90 Å². The molecule has 5 heteroatoms. The van der Waals surface area contributed by atoms with Crippen LogP contribution in [-0.2, 0) is 10.0 Å². The van der Waals surface area contributed by atoms with E-state index in [2.05, 4.69) is 0 Å². The molecule has 2 heterocycles. The van der Waals surface area contributed by atoms with Gasteiger partial charge in [-0.1, -0.05) is 18.2 Å². The van der Waals surface area contributed by atoms with Gasteiger partial charge in [0, 0.05) is 17.1 Å². The van der Waals surface area contributed by atoms with Crippen molar-refractivity contribution in [3.8, 4) is 11.3 Å². The number of thiophene rings is 1. The normalized spacial score (nSPS) is 11.7. The van der Waals surface area contributed by atoms with Crippen molar-refractivity contribution in [1.29, 1.82) is 0 Å². The van der Waals surface area contributed by atoms with Crippen LogP contribution in [-0.4, -0.2) is 12.4 Å². The third kappa shape index (κ3) is 2.09. The van der Waals surface area contributed by atoms with E-state index in [1.165, 1.54) is 3.97 Å². The summed E-state index contributed by atoms with van der Waals surface area (Å²) in [5.41, 5.74) is 2.61. The number of aryl methyl sites for hydroxylation is 1. The van der Waals surface area contributed by atoms with Crippen LogP contribution in [0.15, 0.2) is 64.3 Å². The maximum atomic E-state index is 12.7. The molecule has 2 aromatic heterocycles. The molecular weight excluding hydrogens is 290 g/mol. The van der Waals surface area contributed by atoms with Gasteiger partial charge in [-0.2, -0.15) is 11.3 Å². The fourth-order valence-corrected chi connectivity index (χ4v) is 4.25. The summed E-state index contributed by atoms with van der Waals surface area (Å²) in [6.07, 6.45) is 1.62. The molecule has 102 valence electrons. The van der Waals surface area contributed by atoms with Gasteiger partial charge >= 0.3 is 0 Å². The highest BCUT2D eigenvalue weighted by Gasteiger charge is 2.21. The minimum atomic E-state index is -3.55. The first-order chi connectivity index (χ1) is 9.60. The highest BCUT2D eigenvalue weighted by atomic mass is 32.2. The standard InChI is InChI=1S/C15H13NO2S2/c1-12-7-9-16(15(12)13-8-10-19-11-13)20(17,18)14-5-3-2-4-6-14/h2-11H,1H3. The number of nitrogens with zero attached hydrogens (tertiary/aromatic N) is 1. The first-order valence-electron chi connectivity index (χ1n) is 6.12. The Morgan fingerprint density at radius 1 is 1.05 bits per heavy atom. The van der Waals surface area contributed by atoms with Crippen molar-refractivity contribution >= 4 is 21.4 Å². The lowest BCUT2D eigenvalue weighted by Crippen LogP contribution is -2.13. The van der Waals surface area contributed by atoms with E-state index in [1.807, 2.05) is 29.8 Å². The van der Waals surface area contributed by atoms with Gasteiger partial charge in [0.15, 0.2) is 0 Å². The van der Waals surface area contributed by atoms with Crippen LogP contribution in [0.3, 0.4) is 0 Å². The van der Waals surface area contributed by atoms with Crippen LogP contribution in [0.25, 0.3) is 11.3 Å². The molecule has 0 saturated carbocycles. The molecule has 1 aromatic carbocycles. The second-order valence-corrected chi connectivity index (χ2v) is 7.07. The van der Waals surface area contributed by atoms with Gasteiger partial charge in [-0.25, -0.2) is 12.4 Å². The van der Waals surface area contributed by atoms with Crippen molar-refractivity contribution in [3.63, 3.8) is 0 Å². The highest BCUT2D eigenvalue weighted by Crippen LogP contribution is 2.29. The molecule has 0 spiro atoms. The van der Waals surface area contributed by atoms with E-state index in [9.17, 15) is 8.42 Å². The van der Waals surface area contributed by atoms with Crippen molar-refractivity contribution in [2.24, 2.45) is 0 Å². The summed E-state index contributed by atoms with van der Waals surface area (Å²) in [5, 5.41) is 3.90. The molecule has 0 bridgehead atoms. The number of hydrogen-bond acceptors (Lipinski definition) is 3.